The molecule has 0 saturated carbocycles. The molecule has 0 spiro atoms. The van der Waals surface area contributed by atoms with E-state index in [0.29, 0.717) is 5.56 Å². The summed E-state index contributed by atoms with van der Waals surface area (Å²) >= 11 is 0. The van der Waals surface area contributed by atoms with Crippen molar-refractivity contribution in [2.75, 3.05) is 12.8 Å². The molecule has 0 atom stereocenters. The first-order chi connectivity index (χ1) is 9.54. The molecule has 8 heteroatoms. The maximum absolute atomic E-state index is 11.0. The van der Waals surface area contributed by atoms with Crippen molar-refractivity contribution in [3.63, 3.8) is 0 Å². The molecule has 8 nitrogen and oxygen atoms in total. The zero-order chi connectivity index (χ0) is 14.7. The molecular formula is C12H12N4O4. The summed E-state index contributed by atoms with van der Waals surface area (Å²) in [5, 5.41) is 11.0. The van der Waals surface area contributed by atoms with Gasteiger partial charge in [0.25, 0.3) is 5.88 Å². The smallest absolute Gasteiger partial charge is 0.311 e. The van der Waals surface area contributed by atoms with Gasteiger partial charge in [0.15, 0.2) is 5.82 Å². The number of methoxy groups -OCH3 is 1. The Balaban J connectivity index is 2.50. The van der Waals surface area contributed by atoms with Gasteiger partial charge in [-0.05, 0) is 12.5 Å². The average Bonchev–Trinajstić information content (AvgIpc) is 2.41. The van der Waals surface area contributed by atoms with Crippen LogP contribution in [0.1, 0.15) is 5.56 Å². The van der Waals surface area contributed by atoms with Crippen molar-refractivity contribution >= 4 is 11.5 Å². The lowest BCUT2D eigenvalue weighted by Gasteiger charge is -2.11. The SMILES string of the molecule is COc1c(N)ncnc1Oc1c(C)cccc1[N+](=O)[O-]. The van der Waals surface area contributed by atoms with E-state index >= 15 is 0 Å². The van der Waals surface area contributed by atoms with E-state index in [1.54, 1.807) is 19.1 Å². The summed E-state index contributed by atoms with van der Waals surface area (Å²) in [5.41, 5.74) is 6.06. The van der Waals surface area contributed by atoms with E-state index < -0.39 is 4.92 Å². The lowest BCUT2D eigenvalue weighted by molar-refractivity contribution is -0.385. The fourth-order valence-electron chi connectivity index (χ4n) is 1.65. The van der Waals surface area contributed by atoms with Crippen molar-refractivity contribution in [2.45, 2.75) is 6.92 Å². The normalized spacial score (nSPS) is 10.1. The predicted molar refractivity (Wildman–Crippen MR) is 70.9 cm³/mol. The predicted octanol–water partition coefficient (Wildman–Crippen LogP) is 2.08. The van der Waals surface area contributed by atoms with Gasteiger partial charge in [-0.3, -0.25) is 10.1 Å². The number of nitrogens with two attached hydrogens (primary N) is 1. The summed E-state index contributed by atoms with van der Waals surface area (Å²) in [4.78, 5) is 18.1. The number of anilines is 1. The van der Waals surface area contributed by atoms with Crippen LogP contribution in [0.15, 0.2) is 24.5 Å². The third-order valence-electron chi connectivity index (χ3n) is 2.59. The number of aromatic nitrogens is 2. The highest BCUT2D eigenvalue weighted by atomic mass is 16.6. The van der Waals surface area contributed by atoms with Gasteiger partial charge < -0.3 is 15.2 Å². The van der Waals surface area contributed by atoms with Gasteiger partial charge in [-0.25, -0.2) is 4.98 Å². The van der Waals surface area contributed by atoms with Gasteiger partial charge in [-0.2, -0.15) is 4.98 Å². The van der Waals surface area contributed by atoms with Crippen LogP contribution in [0, 0.1) is 17.0 Å². The summed E-state index contributed by atoms with van der Waals surface area (Å²) in [7, 11) is 1.38. The number of para-hydroxylation sites is 1. The largest absolute Gasteiger partial charge is 0.489 e. The minimum atomic E-state index is -0.528. The molecule has 0 saturated heterocycles. The summed E-state index contributed by atoms with van der Waals surface area (Å²) in [5.74, 6) is 0.338. The van der Waals surface area contributed by atoms with Gasteiger partial charge in [-0.15, -0.1) is 0 Å². The first-order valence-electron chi connectivity index (χ1n) is 5.61. The van der Waals surface area contributed by atoms with Crippen LogP contribution in [0.2, 0.25) is 0 Å². The van der Waals surface area contributed by atoms with Crippen LogP contribution in [0.4, 0.5) is 11.5 Å². The maximum atomic E-state index is 11.0. The highest BCUT2D eigenvalue weighted by molar-refractivity contribution is 5.57. The number of hydrogen-bond acceptors (Lipinski definition) is 7. The zero-order valence-electron chi connectivity index (χ0n) is 10.9. The summed E-state index contributed by atoms with van der Waals surface area (Å²) in [6.07, 6.45) is 1.19. The van der Waals surface area contributed by atoms with Crippen LogP contribution in [-0.2, 0) is 0 Å². The van der Waals surface area contributed by atoms with Gasteiger partial charge in [0.2, 0.25) is 11.5 Å². The highest BCUT2D eigenvalue weighted by Gasteiger charge is 2.21. The van der Waals surface area contributed by atoms with E-state index in [-0.39, 0.29) is 28.9 Å². The number of nitro groups is 1. The lowest BCUT2D eigenvalue weighted by Crippen LogP contribution is -2.02. The van der Waals surface area contributed by atoms with Crippen LogP contribution in [-0.4, -0.2) is 22.0 Å². The molecule has 1 heterocycles. The molecule has 104 valence electrons. The molecule has 0 fully saturated rings. The molecule has 0 unspecified atom stereocenters. The Bertz CT molecular complexity index is 660. The first kappa shape index (κ1) is 13.5. The fraction of sp³-hybridized carbons (Fsp3) is 0.167. The van der Waals surface area contributed by atoms with Crippen molar-refractivity contribution in [2.24, 2.45) is 0 Å². The molecule has 0 aliphatic rings. The number of rotatable bonds is 4. The number of hydrogen-bond donors (Lipinski definition) is 1. The molecule has 0 radical (unpaired) electrons. The Labute approximate surface area is 114 Å². The fourth-order valence-corrected chi connectivity index (χ4v) is 1.65. The molecular weight excluding hydrogens is 264 g/mol. The molecule has 2 N–H and O–H groups in total. The summed E-state index contributed by atoms with van der Waals surface area (Å²) in [6, 6.07) is 4.62. The maximum Gasteiger partial charge on any atom is 0.311 e. The van der Waals surface area contributed by atoms with Gasteiger partial charge in [0.05, 0.1) is 12.0 Å². The first-order valence-corrected chi connectivity index (χ1v) is 5.61. The minimum absolute atomic E-state index is 0.0254. The van der Waals surface area contributed by atoms with Crippen molar-refractivity contribution in [1.29, 1.82) is 0 Å². The average molecular weight is 276 g/mol. The number of benzene rings is 1. The Morgan fingerprint density at radius 2 is 2.05 bits per heavy atom. The molecule has 1 aromatic heterocycles. The van der Waals surface area contributed by atoms with E-state index in [1.165, 1.54) is 19.5 Å². The Morgan fingerprint density at radius 1 is 1.30 bits per heavy atom. The molecule has 0 amide bonds. The van der Waals surface area contributed by atoms with Crippen molar-refractivity contribution in [1.82, 2.24) is 9.97 Å². The number of aryl methyl sites for hydroxylation is 1. The van der Waals surface area contributed by atoms with E-state index in [2.05, 4.69) is 9.97 Å². The minimum Gasteiger partial charge on any atom is -0.489 e. The van der Waals surface area contributed by atoms with Gasteiger partial charge in [0, 0.05) is 6.07 Å². The third kappa shape index (κ3) is 2.44. The molecule has 0 bridgehead atoms. The van der Waals surface area contributed by atoms with Crippen LogP contribution in [0.3, 0.4) is 0 Å². The second-order valence-electron chi connectivity index (χ2n) is 3.88. The molecule has 1 aromatic carbocycles. The van der Waals surface area contributed by atoms with E-state index in [4.69, 9.17) is 15.2 Å². The summed E-state index contributed by atoms with van der Waals surface area (Å²) in [6.45, 7) is 1.69. The number of nitrogen functional groups attached to an aromatic ring is 1. The molecule has 0 aliphatic carbocycles. The van der Waals surface area contributed by atoms with Crippen molar-refractivity contribution in [3.8, 4) is 17.4 Å². The number of nitrogens with zero attached hydrogens (tertiary/aromatic N) is 3. The summed E-state index contributed by atoms with van der Waals surface area (Å²) < 4.78 is 10.6. The molecule has 20 heavy (non-hydrogen) atoms. The van der Waals surface area contributed by atoms with Crippen LogP contribution in [0.5, 0.6) is 17.4 Å². The van der Waals surface area contributed by atoms with E-state index in [1.807, 2.05) is 0 Å². The highest BCUT2D eigenvalue weighted by Crippen LogP contribution is 2.38. The third-order valence-corrected chi connectivity index (χ3v) is 2.59. The number of ether oxygens (including phenoxy) is 2. The molecule has 2 rings (SSSR count). The van der Waals surface area contributed by atoms with Crippen LogP contribution in [0.25, 0.3) is 0 Å². The monoisotopic (exact) mass is 276 g/mol. The van der Waals surface area contributed by atoms with Crippen LogP contribution >= 0.6 is 0 Å². The molecule has 2 aromatic rings. The Kier molecular flexibility index (Phi) is 3.65. The lowest BCUT2D eigenvalue weighted by atomic mass is 10.2. The van der Waals surface area contributed by atoms with Gasteiger partial charge in [0.1, 0.15) is 6.33 Å². The van der Waals surface area contributed by atoms with Crippen molar-refractivity contribution in [3.05, 3.63) is 40.2 Å². The van der Waals surface area contributed by atoms with Gasteiger partial charge >= 0.3 is 5.69 Å². The van der Waals surface area contributed by atoms with Crippen LogP contribution < -0.4 is 15.2 Å². The van der Waals surface area contributed by atoms with Gasteiger partial charge in [-0.1, -0.05) is 12.1 Å². The second-order valence-corrected chi connectivity index (χ2v) is 3.88. The Morgan fingerprint density at radius 3 is 2.70 bits per heavy atom. The second kappa shape index (κ2) is 5.39. The van der Waals surface area contributed by atoms with E-state index in [9.17, 15) is 10.1 Å². The zero-order valence-corrected chi connectivity index (χ0v) is 10.9. The number of nitro benzene ring substituents is 1. The molecule has 0 aliphatic heterocycles. The standard InChI is InChI=1S/C12H12N4O4/c1-7-4-3-5-8(16(17)18)9(7)20-12-10(19-2)11(13)14-6-15-12/h3-6H,1-2H3,(H2,13,14,15). The Hall–Kier alpha value is -2.90. The topological polar surface area (TPSA) is 113 Å². The van der Waals surface area contributed by atoms with E-state index in [0.717, 1.165) is 0 Å². The quantitative estimate of drug-likeness (QED) is 0.671. The van der Waals surface area contributed by atoms with Crippen molar-refractivity contribution < 1.29 is 14.4 Å².